The molecule has 0 aliphatic rings. The first-order chi connectivity index (χ1) is 10.3. The topological polar surface area (TPSA) is 91.0 Å². The van der Waals surface area contributed by atoms with Crippen LogP contribution in [0.2, 0.25) is 0 Å². The molecule has 0 unspecified atom stereocenters. The number of amides is 4. The summed E-state index contributed by atoms with van der Waals surface area (Å²) in [6.45, 7) is 9.06. The molecular formula is C15H30N4O4. The van der Waals surface area contributed by atoms with Crippen LogP contribution in [0, 0.1) is 0 Å². The Labute approximate surface area is 138 Å². The fourth-order valence-corrected chi connectivity index (χ4v) is 1.61. The van der Waals surface area contributed by atoms with Crippen LogP contribution in [0.15, 0.2) is 0 Å². The zero-order chi connectivity index (χ0) is 18.4. The molecule has 0 aromatic carbocycles. The minimum absolute atomic E-state index is 0.148. The zero-order valence-corrected chi connectivity index (χ0v) is 15.4. The summed E-state index contributed by atoms with van der Waals surface area (Å²) in [5, 5.41) is 5.22. The highest BCUT2D eigenvalue weighted by atomic mass is 16.6. The van der Waals surface area contributed by atoms with Gasteiger partial charge in [0.2, 0.25) is 5.91 Å². The molecule has 0 saturated heterocycles. The molecule has 0 spiro atoms. The summed E-state index contributed by atoms with van der Waals surface area (Å²) in [7, 11) is 4.97. The molecule has 0 aliphatic heterocycles. The van der Waals surface area contributed by atoms with Crippen molar-refractivity contribution in [2.45, 2.75) is 45.8 Å². The van der Waals surface area contributed by atoms with E-state index in [4.69, 9.17) is 4.74 Å². The van der Waals surface area contributed by atoms with Crippen LogP contribution in [0.3, 0.4) is 0 Å². The molecule has 4 amide bonds. The molecular weight excluding hydrogens is 300 g/mol. The van der Waals surface area contributed by atoms with Gasteiger partial charge in [-0.15, -0.1) is 0 Å². The molecule has 8 nitrogen and oxygen atoms in total. The van der Waals surface area contributed by atoms with Crippen molar-refractivity contribution in [3.63, 3.8) is 0 Å². The molecule has 0 radical (unpaired) electrons. The maximum absolute atomic E-state index is 12.2. The molecule has 0 heterocycles. The van der Waals surface area contributed by atoms with Crippen molar-refractivity contribution in [2.24, 2.45) is 0 Å². The summed E-state index contributed by atoms with van der Waals surface area (Å²) in [6, 6.07) is -0.148. The van der Waals surface area contributed by atoms with Crippen molar-refractivity contribution < 1.29 is 19.1 Å². The monoisotopic (exact) mass is 330 g/mol. The minimum Gasteiger partial charge on any atom is -0.444 e. The number of alkyl carbamates (subject to hydrolysis) is 1. The van der Waals surface area contributed by atoms with Gasteiger partial charge in [0.15, 0.2) is 0 Å². The van der Waals surface area contributed by atoms with E-state index >= 15 is 0 Å². The van der Waals surface area contributed by atoms with Gasteiger partial charge in [-0.25, -0.2) is 9.59 Å². The number of urea groups is 1. The molecule has 8 heteroatoms. The second-order valence-electron chi connectivity index (χ2n) is 7.11. The first-order valence-corrected chi connectivity index (χ1v) is 7.48. The minimum atomic E-state index is -1.12. The maximum atomic E-state index is 12.2. The smallest absolute Gasteiger partial charge is 0.408 e. The van der Waals surface area contributed by atoms with Gasteiger partial charge in [0.05, 0.1) is 0 Å². The Kier molecular flexibility index (Phi) is 7.33. The number of rotatable bonds is 5. The van der Waals surface area contributed by atoms with Crippen molar-refractivity contribution in [3.8, 4) is 0 Å². The molecule has 0 aliphatic carbocycles. The first kappa shape index (κ1) is 21.0. The second kappa shape index (κ2) is 8.03. The van der Waals surface area contributed by atoms with Gasteiger partial charge in [0, 0.05) is 34.2 Å². The van der Waals surface area contributed by atoms with Gasteiger partial charge in [0.1, 0.15) is 11.1 Å². The lowest BCUT2D eigenvalue weighted by Gasteiger charge is -2.28. The number of carbonyl (C=O) groups is 3. The van der Waals surface area contributed by atoms with Crippen LogP contribution in [0.5, 0.6) is 0 Å². The molecule has 0 aromatic rings. The SMILES string of the molecule is CN(C)C(=O)N(C)CCNC(=O)C(C)(C)NC(=O)OC(C)(C)C. The summed E-state index contributed by atoms with van der Waals surface area (Å²) < 4.78 is 5.14. The van der Waals surface area contributed by atoms with Crippen molar-refractivity contribution in [1.82, 2.24) is 20.4 Å². The van der Waals surface area contributed by atoms with Crippen molar-refractivity contribution in [2.75, 3.05) is 34.2 Å². The van der Waals surface area contributed by atoms with Crippen LogP contribution in [0.1, 0.15) is 34.6 Å². The number of nitrogens with zero attached hydrogens (tertiary/aromatic N) is 2. The van der Waals surface area contributed by atoms with E-state index in [0.717, 1.165) is 0 Å². The Balaban J connectivity index is 4.38. The number of nitrogens with one attached hydrogen (secondary N) is 2. The van der Waals surface area contributed by atoms with E-state index in [1.807, 2.05) is 0 Å². The molecule has 23 heavy (non-hydrogen) atoms. The lowest BCUT2D eigenvalue weighted by atomic mass is 10.1. The summed E-state index contributed by atoms with van der Waals surface area (Å²) in [5.41, 5.74) is -1.75. The lowest BCUT2D eigenvalue weighted by molar-refractivity contribution is -0.126. The van der Waals surface area contributed by atoms with E-state index in [9.17, 15) is 14.4 Å². The number of ether oxygens (including phenoxy) is 1. The molecule has 0 aromatic heterocycles. The normalized spacial score (nSPS) is 11.5. The molecule has 0 fully saturated rings. The van der Waals surface area contributed by atoms with Gasteiger partial charge in [-0.3, -0.25) is 4.79 Å². The lowest BCUT2D eigenvalue weighted by Crippen LogP contribution is -2.56. The fourth-order valence-electron chi connectivity index (χ4n) is 1.61. The Morgan fingerprint density at radius 3 is 1.96 bits per heavy atom. The molecule has 134 valence electrons. The zero-order valence-electron chi connectivity index (χ0n) is 15.4. The average molecular weight is 330 g/mol. The van der Waals surface area contributed by atoms with Gasteiger partial charge in [-0.2, -0.15) is 0 Å². The highest BCUT2D eigenvalue weighted by molar-refractivity contribution is 5.89. The fraction of sp³-hybridized carbons (Fsp3) is 0.800. The molecule has 0 bridgehead atoms. The van der Waals surface area contributed by atoms with Gasteiger partial charge >= 0.3 is 12.1 Å². The predicted molar refractivity (Wildman–Crippen MR) is 88.2 cm³/mol. The molecule has 2 N–H and O–H groups in total. The molecule has 0 saturated carbocycles. The highest BCUT2D eigenvalue weighted by Gasteiger charge is 2.31. The van der Waals surface area contributed by atoms with E-state index in [0.29, 0.717) is 6.54 Å². The summed E-state index contributed by atoms with van der Waals surface area (Å²) in [6.07, 6.45) is -0.655. The van der Waals surface area contributed by atoms with Crippen LogP contribution in [-0.2, 0) is 9.53 Å². The van der Waals surface area contributed by atoms with Gasteiger partial charge in [-0.05, 0) is 34.6 Å². The van der Waals surface area contributed by atoms with Gasteiger partial charge < -0.3 is 25.2 Å². The van der Waals surface area contributed by atoms with E-state index in [1.165, 1.54) is 9.80 Å². The number of hydrogen-bond donors (Lipinski definition) is 2. The van der Waals surface area contributed by atoms with E-state index < -0.39 is 17.2 Å². The Bertz CT molecular complexity index is 441. The predicted octanol–water partition coefficient (Wildman–Crippen LogP) is 1.02. The van der Waals surface area contributed by atoms with Crippen LogP contribution in [0.25, 0.3) is 0 Å². The summed E-state index contributed by atoms with van der Waals surface area (Å²) in [4.78, 5) is 38.5. The third kappa shape index (κ3) is 8.27. The van der Waals surface area contributed by atoms with E-state index in [1.54, 1.807) is 55.8 Å². The Morgan fingerprint density at radius 1 is 1.00 bits per heavy atom. The Morgan fingerprint density at radius 2 is 1.52 bits per heavy atom. The average Bonchev–Trinajstić information content (AvgIpc) is 2.33. The first-order valence-electron chi connectivity index (χ1n) is 7.48. The van der Waals surface area contributed by atoms with Crippen molar-refractivity contribution in [3.05, 3.63) is 0 Å². The quantitative estimate of drug-likeness (QED) is 0.787. The van der Waals surface area contributed by atoms with Crippen molar-refractivity contribution >= 4 is 18.0 Å². The number of hydrogen-bond acceptors (Lipinski definition) is 4. The summed E-state index contributed by atoms with van der Waals surface area (Å²) >= 11 is 0. The second-order valence-corrected chi connectivity index (χ2v) is 7.11. The van der Waals surface area contributed by atoms with Crippen LogP contribution in [0.4, 0.5) is 9.59 Å². The highest BCUT2D eigenvalue weighted by Crippen LogP contribution is 2.09. The van der Waals surface area contributed by atoms with Gasteiger partial charge in [0.25, 0.3) is 0 Å². The maximum Gasteiger partial charge on any atom is 0.408 e. The molecule has 0 atom stereocenters. The van der Waals surface area contributed by atoms with Crippen LogP contribution in [-0.4, -0.2) is 73.2 Å². The van der Waals surface area contributed by atoms with E-state index in [2.05, 4.69) is 10.6 Å². The number of likely N-dealkylation sites (N-methyl/N-ethyl adjacent to an activating group) is 1. The number of carbonyl (C=O) groups excluding carboxylic acids is 3. The third-order valence-corrected chi connectivity index (χ3v) is 2.82. The van der Waals surface area contributed by atoms with Crippen molar-refractivity contribution in [1.29, 1.82) is 0 Å². The van der Waals surface area contributed by atoms with E-state index in [-0.39, 0.29) is 18.5 Å². The van der Waals surface area contributed by atoms with Crippen LogP contribution < -0.4 is 10.6 Å². The van der Waals surface area contributed by atoms with Gasteiger partial charge in [-0.1, -0.05) is 0 Å². The standard InChI is InChI=1S/C15H30N4O4/c1-14(2,3)23-12(21)17-15(4,5)11(20)16-9-10-19(8)13(22)18(6)7/h9-10H2,1-8H3,(H,16,20)(H,17,21). The Hall–Kier alpha value is -1.99. The third-order valence-electron chi connectivity index (χ3n) is 2.82. The summed E-state index contributed by atoms with van der Waals surface area (Å²) in [5.74, 6) is -0.353. The largest absolute Gasteiger partial charge is 0.444 e. The molecule has 0 rings (SSSR count). The van der Waals surface area contributed by atoms with Crippen LogP contribution >= 0.6 is 0 Å².